The van der Waals surface area contributed by atoms with Gasteiger partial charge < -0.3 is 15.3 Å². The van der Waals surface area contributed by atoms with Crippen molar-refractivity contribution >= 4 is 17.3 Å². The van der Waals surface area contributed by atoms with Crippen molar-refractivity contribution in [3.05, 3.63) is 66.5 Å². The highest BCUT2D eigenvalue weighted by molar-refractivity contribution is 6.04. The molecule has 2 N–H and O–H groups in total. The van der Waals surface area contributed by atoms with Gasteiger partial charge in [-0.1, -0.05) is 12.1 Å². The molecule has 3 aromatic rings. The van der Waals surface area contributed by atoms with Crippen molar-refractivity contribution in [2.24, 2.45) is 0 Å². The normalized spacial score (nSPS) is 10.7. The van der Waals surface area contributed by atoms with E-state index in [2.05, 4.69) is 41.0 Å². The number of phenolic OH excluding ortho intramolecular Hbond substituents is 1. The fourth-order valence-corrected chi connectivity index (χ4v) is 3.04. The van der Waals surface area contributed by atoms with E-state index < -0.39 is 0 Å². The van der Waals surface area contributed by atoms with E-state index in [1.807, 2.05) is 30.3 Å². The highest BCUT2D eigenvalue weighted by atomic mass is 16.3. The summed E-state index contributed by atoms with van der Waals surface area (Å²) < 4.78 is 0. The zero-order valence-electron chi connectivity index (χ0n) is 16.3. The smallest absolute Gasteiger partial charge is 0.255 e. The van der Waals surface area contributed by atoms with Crippen molar-refractivity contribution < 1.29 is 9.90 Å². The second kappa shape index (κ2) is 8.52. The minimum atomic E-state index is -0.215. The molecule has 0 aliphatic heterocycles. The second-order valence-electron chi connectivity index (χ2n) is 6.73. The monoisotopic (exact) mass is 376 g/mol. The Morgan fingerprint density at radius 3 is 2.36 bits per heavy atom. The SMILES string of the molecule is CCN(c1ccc(C(=O)Nc2cnc(-c3cccc(O)c3)nc2)cc1)C(C)C. The van der Waals surface area contributed by atoms with Gasteiger partial charge in [0.25, 0.3) is 5.91 Å². The Hall–Kier alpha value is -3.41. The molecule has 1 heterocycles. The Balaban J connectivity index is 1.69. The summed E-state index contributed by atoms with van der Waals surface area (Å²) in [7, 11) is 0. The maximum atomic E-state index is 12.5. The number of hydrogen-bond acceptors (Lipinski definition) is 5. The number of nitrogens with zero attached hydrogens (tertiary/aromatic N) is 3. The molecule has 0 unspecified atom stereocenters. The standard InChI is InChI=1S/C22H24N4O2/c1-4-26(15(2)3)19-10-8-16(9-11-19)22(28)25-18-13-23-21(24-14-18)17-6-5-7-20(27)12-17/h5-15,27H,4H2,1-3H3,(H,25,28). The second-order valence-corrected chi connectivity index (χ2v) is 6.73. The van der Waals surface area contributed by atoms with E-state index in [-0.39, 0.29) is 11.7 Å². The van der Waals surface area contributed by atoms with Crippen LogP contribution in [0.25, 0.3) is 11.4 Å². The molecule has 28 heavy (non-hydrogen) atoms. The van der Waals surface area contributed by atoms with Crippen molar-refractivity contribution in [3.8, 4) is 17.1 Å². The van der Waals surface area contributed by atoms with E-state index in [1.165, 1.54) is 0 Å². The van der Waals surface area contributed by atoms with Crippen LogP contribution in [-0.4, -0.2) is 33.6 Å². The third kappa shape index (κ3) is 4.46. The van der Waals surface area contributed by atoms with Crippen molar-refractivity contribution in [1.29, 1.82) is 0 Å². The Morgan fingerprint density at radius 1 is 1.11 bits per heavy atom. The molecule has 144 valence electrons. The molecule has 0 bridgehead atoms. The predicted octanol–water partition coefficient (Wildman–Crippen LogP) is 4.34. The first-order chi connectivity index (χ1) is 13.5. The minimum absolute atomic E-state index is 0.154. The van der Waals surface area contributed by atoms with Gasteiger partial charge in [0.05, 0.1) is 18.1 Å². The first-order valence-corrected chi connectivity index (χ1v) is 9.27. The van der Waals surface area contributed by atoms with Crippen LogP contribution >= 0.6 is 0 Å². The molecule has 0 atom stereocenters. The molecule has 0 fully saturated rings. The van der Waals surface area contributed by atoms with Crippen LogP contribution in [0, 0.1) is 0 Å². The highest BCUT2D eigenvalue weighted by Crippen LogP contribution is 2.21. The number of amides is 1. The third-order valence-corrected chi connectivity index (χ3v) is 4.44. The van der Waals surface area contributed by atoms with Crippen LogP contribution < -0.4 is 10.2 Å². The number of hydrogen-bond donors (Lipinski definition) is 2. The molecule has 0 aliphatic rings. The van der Waals surface area contributed by atoms with E-state index in [9.17, 15) is 9.90 Å². The van der Waals surface area contributed by atoms with Gasteiger partial charge >= 0.3 is 0 Å². The van der Waals surface area contributed by atoms with Gasteiger partial charge in [0, 0.05) is 29.4 Å². The number of aromatic nitrogens is 2. The van der Waals surface area contributed by atoms with Gasteiger partial charge in [-0.05, 0) is 57.2 Å². The Kier molecular flexibility index (Phi) is 5.89. The van der Waals surface area contributed by atoms with Gasteiger partial charge in [0.15, 0.2) is 5.82 Å². The van der Waals surface area contributed by atoms with Crippen LogP contribution in [0.2, 0.25) is 0 Å². The van der Waals surface area contributed by atoms with Gasteiger partial charge in [-0.25, -0.2) is 9.97 Å². The summed E-state index contributed by atoms with van der Waals surface area (Å²) in [5, 5.41) is 12.4. The summed E-state index contributed by atoms with van der Waals surface area (Å²) in [5.41, 5.74) is 2.88. The fourth-order valence-electron chi connectivity index (χ4n) is 3.04. The van der Waals surface area contributed by atoms with Crippen molar-refractivity contribution in [2.45, 2.75) is 26.8 Å². The molecule has 0 saturated heterocycles. The molecule has 0 radical (unpaired) electrons. The Labute approximate surface area is 164 Å². The van der Waals surface area contributed by atoms with Gasteiger partial charge in [0.1, 0.15) is 5.75 Å². The van der Waals surface area contributed by atoms with Crippen LogP contribution in [0.15, 0.2) is 60.9 Å². The molecule has 0 aliphatic carbocycles. The van der Waals surface area contributed by atoms with Crippen LogP contribution in [0.3, 0.4) is 0 Å². The number of anilines is 2. The molecule has 6 nitrogen and oxygen atoms in total. The molecular formula is C22H24N4O2. The summed E-state index contributed by atoms with van der Waals surface area (Å²) >= 11 is 0. The number of rotatable bonds is 6. The van der Waals surface area contributed by atoms with Gasteiger partial charge in [-0.2, -0.15) is 0 Å². The molecule has 3 rings (SSSR count). The fraction of sp³-hybridized carbons (Fsp3) is 0.227. The van der Waals surface area contributed by atoms with Crippen LogP contribution in [0.5, 0.6) is 5.75 Å². The lowest BCUT2D eigenvalue weighted by Crippen LogP contribution is -2.30. The number of benzene rings is 2. The molecule has 6 heteroatoms. The lowest BCUT2D eigenvalue weighted by atomic mass is 10.1. The Morgan fingerprint density at radius 2 is 1.79 bits per heavy atom. The van der Waals surface area contributed by atoms with Crippen molar-refractivity contribution in [2.75, 3.05) is 16.8 Å². The van der Waals surface area contributed by atoms with E-state index in [1.54, 1.807) is 30.6 Å². The summed E-state index contributed by atoms with van der Waals surface area (Å²) in [6, 6.07) is 14.7. The zero-order valence-corrected chi connectivity index (χ0v) is 16.3. The summed E-state index contributed by atoms with van der Waals surface area (Å²) in [5.74, 6) is 0.417. The largest absolute Gasteiger partial charge is 0.508 e. The lowest BCUT2D eigenvalue weighted by molar-refractivity contribution is 0.102. The Bertz CT molecular complexity index is 938. The highest BCUT2D eigenvalue weighted by Gasteiger charge is 2.11. The number of nitrogens with one attached hydrogen (secondary N) is 1. The van der Waals surface area contributed by atoms with E-state index >= 15 is 0 Å². The summed E-state index contributed by atoms with van der Waals surface area (Å²) in [6.45, 7) is 7.31. The van der Waals surface area contributed by atoms with Gasteiger partial charge in [-0.15, -0.1) is 0 Å². The summed E-state index contributed by atoms with van der Waals surface area (Å²) in [6.07, 6.45) is 3.10. The topological polar surface area (TPSA) is 78.4 Å². The first kappa shape index (κ1) is 19.4. The molecule has 2 aromatic carbocycles. The molecule has 1 aromatic heterocycles. The van der Waals surface area contributed by atoms with Crippen LogP contribution in [0.1, 0.15) is 31.1 Å². The number of aromatic hydroxyl groups is 1. The maximum absolute atomic E-state index is 12.5. The van der Waals surface area contributed by atoms with Crippen LogP contribution in [-0.2, 0) is 0 Å². The van der Waals surface area contributed by atoms with E-state index in [0.717, 1.165) is 12.2 Å². The average Bonchev–Trinajstić information content (AvgIpc) is 2.69. The quantitative estimate of drug-likeness (QED) is 0.669. The first-order valence-electron chi connectivity index (χ1n) is 9.27. The zero-order chi connectivity index (χ0) is 20.1. The molecular weight excluding hydrogens is 352 g/mol. The minimum Gasteiger partial charge on any atom is -0.508 e. The van der Waals surface area contributed by atoms with E-state index in [0.29, 0.717) is 28.7 Å². The molecule has 1 amide bonds. The lowest BCUT2D eigenvalue weighted by Gasteiger charge is -2.27. The molecule has 0 saturated carbocycles. The number of phenols is 1. The van der Waals surface area contributed by atoms with Crippen molar-refractivity contribution in [1.82, 2.24) is 9.97 Å². The van der Waals surface area contributed by atoms with Gasteiger partial charge in [-0.3, -0.25) is 4.79 Å². The molecule has 0 spiro atoms. The average molecular weight is 376 g/mol. The van der Waals surface area contributed by atoms with E-state index in [4.69, 9.17) is 0 Å². The van der Waals surface area contributed by atoms with Gasteiger partial charge in [0.2, 0.25) is 0 Å². The summed E-state index contributed by atoms with van der Waals surface area (Å²) in [4.78, 5) is 23.3. The predicted molar refractivity (Wildman–Crippen MR) is 112 cm³/mol. The maximum Gasteiger partial charge on any atom is 0.255 e. The van der Waals surface area contributed by atoms with Crippen LogP contribution in [0.4, 0.5) is 11.4 Å². The van der Waals surface area contributed by atoms with Crippen molar-refractivity contribution in [3.63, 3.8) is 0 Å². The third-order valence-electron chi connectivity index (χ3n) is 4.44. The number of carbonyl (C=O) groups excluding carboxylic acids is 1. The number of carbonyl (C=O) groups is 1.